The third kappa shape index (κ3) is 4.23. The van der Waals surface area contributed by atoms with E-state index >= 15 is 0 Å². The van der Waals surface area contributed by atoms with Crippen LogP contribution < -0.4 is 0 Å². The minimum absolute atomic E-state index is 0.248. The number of rotatable bonds is 10. The van der Waals surface area contributed by atoms with Gasteiger partial charge in [-0.1, -0.05) is 12.2 Å². The van der Waals surface area contributed by atoms with E-state index in [0.717, 1.165) is 6.42 Å². The number of hydrogen-bond donors (Lipinski definition) is 1. The number of allylic oxidation sites excluding steroid dienone is 1. The standard InChI is InChI=1S/C25H38N2O6/c1-7-9-10-14-32-23(31)18-17-11-12-25(33-17)19(18)21(29)27(16(3)15-28)20(25)22(30)26(13-8-2)24(4,5)6/h7-8,16-20,28H,1-2,9-15H2,3-6H3/t16-,17-,18+,19+,20?,25?/m1/s1. The molecule has 3 heterocycles. The van der Waals surface area contributed by atoms with E-state index in [2.05, 4.69) is 13.2 Å². The number of nitrogens with zero attached hydrogens (tertiary/aromatic N) is 2. The minimum Gasteiger partial charge on any atom is -0.465 e. The van der Waals surface area contributed by atoms with Crippen LogP contribution in [0.15, 0.2) is 25.3 Å². The fraction of sp³-hybridized carbons (Fsp3) is 0.720. The summed E-state index contributed by atoms with van der Waals surface area (Å²) in [6, 6.07) is -1.51. The van der Waals surface area contributed by atoms with Gasteiger partial charge in [0.15, 0.2) is 0 Å². The average molecular weight is 463 g/mol. The van der Waals surface area contributed by atoms with Gasteiger partial charge in [0.2, 0.25) is 11.8 Å². The van der Waals surface area contributed by atoms with E-state index in [1.807, 2.05) is 20.8 Å². The van der Waals surface area contributed by atoms with Crippen LogP contribution >= 0.6 is 0 Å². The number of unbranched alkanes of at least 4 members (excludes halogenated alkanes) is 1. The number of fused-ring (bicyclic) bond motifs is 1. The summed E-state index contributed by atoms with van der Waals surface area (Å²) < 4.78 is 11.9. The molecule has 2 unspecified atom stereocenters. The number of aliphatic hydroxyl groups excluding tert-OH is 1. The van der Waals surface area contributed by atoms with Crippen molar-refractivity contribution >= 4 is 17.8 Å². The van der Waals surface area contributed by atoms with E-state index in [1.165, 1.54) is 4.90 Å². The molecule has 0 aromatic heterocycles. The maximum Gasteiger partial charge on any atom is 0.312 e. The molecule has 3 rings (SSSR count). The van der Waals surface area contributed by atoms with Crippen molar-refractivity contribution in [1.29, 1.82) is 0 Å². The molecule has 1 spiro atoms. The van der Waals surface area contributed by atoms with Gasteiger partial charge < -0.3 is 24.4 Å². The van der Waals surface area contributed by atoms with Crippen molar-refractivity contribution in [2.45, 2.75) is 82.7 Å². The van der Waals surface area contributed by atoms with Crippen LogP contribution in [0.3, 0.4) is 0 Å². The number of ether oxygens (including phenoxy) is 2. The van der Waals surface area contributed by atoms with E-state index in [-0.39, 0.29) is 25.0 Å². The predicted molar refractivity (Wildman–Crippen MR) is 123 cm³/mol. The Labute approximate surface area is 196 Å². The predicted octanol–water partition coefficient (Wildman–Crippen LogP) is 2.06. The van der Waals surface area contributed by atoms with E-state index in [0.29, 0.717) is 25.8 Å². The topological polar surface area (TPSA) is 96.4 Å². The lowest BCUT2D eigenvalue weighted by atomic mass is 9.70. The Morgan fingerprint density at radius 3 is 2.64 bits per heavy atom. The molecule has 8 heteroatoms. The molecular weight excluding hydrogens is 424 g/mol. The Hall–Kier alpha value is -2.19. The smallest absolute Gasteiger partial charge is 0.312 e. The van der Waals surface area contributed by atoms with Crippen LogP contribution in [0.25, 0.3) is 0 Å². The van der Waals surface area contributed by atoms with Gasteiger partial charge in [-0.2, -0.15) is 0 Å². The van der Waals surface area contributed by atoms with Crippen molar-refractivity contribution in [1.82, 2.24) is 9.80 Å². The fourth-order valence-electron chi connectivity index (χ4n) is 5.67. The van der Waals surface area contributed by atoms with Crippen LogP contribution in [-0.4, -0.2) is 81.8 Å². The normalized spacial score (nSPS) is 31.3. The second-order valence-corrected chi connectivity index (χ2v) is 10.3. The first-order valence-electron chi connectivity index (χ1n) is 11.9. The molecular formula is C25H38N2O6. The molecule has 1 N–H and O–H groups in total. The van der Waals surface area contributed by atoms with Crippen molar-refractivity contribution in [3.8, 4) is 0 Å². The molecule has 0 saturated carbocycles. The maximum atomic E-state index is 14.0. The lowest BCUT2D eigenvalue weighted by Crippen LogP contribution is -2.61. The van der Waals surface area contributed by atoms with Gasteiger partial charge in [-0.25, -0.2) is 0 Å². The van der Waals surface area contributed by atoms with Crippen LogP contribution in [0, 0.1) is 11.8 Å². The molecule has 2 amide bonds. The summed E-state index contributed by atoms with van der Waals surface area (Å²) in [4.78, 5) is 43.9. The zero-order valence-electron chi connectivity index (χ0n) is 20.3. The SMILES string of the molecule is C=CCCCOC(=O)[C@@H]1[C@H]2C(=O)N([C@H](C)CO)C(C(=O)N(CC=C)C(C)(C)C)C23CC[C@H]1O3. The van der Waals surface area contributed by atoms with Gasteiger partial charge in [-0.15, -0.1) is 13.2 Å². The van der Waals surface area contributed by atoms with Crippen molar-refractivity contribution in [3.05, 3.63) is 25.3 Å². The van der Waals surface area contributed by atoms with Crippen LogP contribution in [-0.2, 0) is 23.9 Å². The van der Waals surface area contributed by atoms with Crippen molar-refractivity contribution in [2.24, 2.45) is 11.8 Å². The highest BCUT2D eigenvalue weighted by Crippen LogP contribution is 2.59. The summed E-state index contributed by atoms with van der Waals surface area (Å²) in [7, 11) is 0. The number of carbonyl (C=O) groups is 3. The molecule has 3 aliphatic rings. The first kappa shape index (κ1) is 25.4. The monoisotopic (exact) mass is 462 g/mol. The number of hydrogen-bond acceptors (Lipinski definition) is 6. The molecule has 3 aliphatic heterocycles. The molecule has 3 saturated heterocycles. The Balaban J connectivity index is 1.98. The molecule has 3 fully saturated rings. The van der Waals surface area contributed by atoms with Gasteiger partial charge in [0.25, 0.3) is 0 Å². The lowest BCUT2D eigenvalue weighted by Gasteiger charge is -2.43. The number of esters is 1. The van der Waals surface area contributed by atoms with E-state index in [9.17, 15) is 19.5 Å². The third-order valence-electron chi connectivity index (χ3n) is 7.17. The maximum absolute atomic E-state index is 14.0. The Morgan fingerprint density at radius 2 is 2.06 bits per heavy atom. The molecule has 6 atom stereocenters. The highest BCUT2D eigenvalue weighted by atomic mass is 16.6. The summed E-state index contributed by atoms with van der Waals surface area (Å²) in [5, 5.41) is 9.91. The Kier molecular flexibility index (Phi) is 7.39. The zero-order valence-corrected chi connectivity index (χ0v) is 20.3. The summed E-state index contributed by atoms with van der Waals surface area (Å²) in [5.41, 5.74) is -1.62. The third-order valence-corrected chi connectivity index (χ3v) is 7.17. The van der Waals surface area contributed by atoms with Gasteiger partial charge in [-0.3, -0.25) is 14.4 Å². The number of carbonyl (C=O) groups excluding carboxylic acids is 3. The second kappa shape index (κ2) is 9.58. The van der Waals surface area contributed by atoms with Crippen LogP contribution in [0.4, 0.5) is 0 Å². The van der Waals surface area contributed by atoms with Gasteiger partial charge in [0.05, 0.1) is 37.2 Å². The Morgan fingerprint density at radius 1 is 1.36 bits per heavy atom. The van der Waals surface area contributed by atoms with Crippen molar-refractivity contribution in [2.75, 3.05) is 19.8 Å². The molecule has 184 valence electrons. The molecule has 8 nitrogen and oxygen atoms in total. The van der Waals surface area contributed by atoms with Gasteiger partial charge in [-0.05, 0) is 53.4 Å². The van der Waals surface area contributed by atoms with Gasteiger partial charge in [0, 0.05) is 12.1 Å². The largest absolute Gasteiger partial charge is 0.465 e. The van der Waals surface area contributed by atoms with E-state index < -0.39 is 47.1 Å². The highest BCUT2D eigenvalue weighted by Gasteiger charge is 2.75. The summed E-state index contributed by atoms with van der Waals surface area (Å²) in [6.45, 7) is 15.2. The molecule has 0 aliphatic carbocycles. The van der Waals surface area contributed by atoms with Crippen LogP contribution in [0.1, 0.15) is 53.4 Å². The van der Waals surface area contributed by atoms with Gasteiger partial charge >= 0.3 is 5.97 Å². The fourth-order valence-corrected chi connectivity index (χ4v) is 5.67. The molecule has 0 aromatic carbocycles. The first-order chi connectivity index (χ1) is 15.5. The van der Waals surface area contributed by atoms with E-state index in [4.69, 9.17) is 9.47 Å². The lowest BCUT2D eigenvalue weighted by molar-refractivity contribution is -0.157. The van der Waals surface area contributed by atoms with Crippen molar-refractivity contribution < 1.29 is 29.0 Å². The molecule has 0 radical (unpaired) electrons. The minimum atomic E-state index is -1.10. The molecule has 2 bridgehead atoms. The molecule has 33 heavy (non-hydrogen) atoms. The number of likely N-dealkylation sites (tertiary alicyclic amines) is 1. The van der Waals surface area contributed by atoms with Gasteiger partial charge in [0.1, 0.15) is 11.6 Å². The number of aliphatic hydroxyl groups is 1. The summed E-state index contributed by atoms with van der Waals surface area (Å²) >= 11 is 0. The van der Waals surface area contributed by atoms with E-state index in [1.54, 1.807) is 24.0 Å². The van der Waals surface area contributed by atoms with Crippen molar-refractivity contribution in [3.63, 3.8) is 0 Å². The quantitative estimate of drug-likeness (QED) is 0.303. The number of amides is 2. The zero-order chi connectivity index (χ0) is 24.6. The highest BCUT2D eigenvalue weighted by molar-refractivity contribution is 5.98. The summed E-state index contributed by atoms with van der Waals surface area (Å²) in [6.07, 6.45) is 5.45. The van der Waals surface area contributed by atoms with Crippen LogP contribution in [0.5, 0.6) is 0 Å². The molecule has 0 aromatic rings. The van der Waals surface area contributed by atoms with Crippen LogP contribution in [0.2, 0.25) is 0 Å². The first-order valence-corrected chi connectivity index (χ1v) is 11.9. The Bertz CT molecular complexity index is 805. The summed E-state index contributed by atoms with van der Waals surface area (Å²) in [5.74, 6) is -2.57. The average Bonchev–Trinajstić information content (AvgIpc) is 3.40. The second-order valence-electron chi connectivity index (χ2n) is 10.3.